The van der Waals surface area contributed by atoms with Gasteiger partial charge < -0.3 is 14.8 Å². The van der Waals surface area contributed by atoms with Crippen LogP contribution < -0.4 is 14.8 Å². The van der Waals surface area contributed by atoms with E-state index in [1.807, 2.05) is 6.07 Å². The van der Waals surface area contributed by atoms with Gasteiger partial charge in [-0.1, -0.05) is 29.8 Å². The van der Waals surface area contributed by atoms with E-state index in [9.17, 15) is 0 Å². The summed E-state index contributed by atoms with van der Waals surface area (Å²) < 4.78 is 12.2. The van der Waals surface area contributed by atoms with Gasteiger partial charge in [-0.25, -0.2) is 0 Å². The molecule has 0 aromatic heterocycles. The van der Waals surface area contributed by atoms with Crippen molar-refractivity contribution in [1.82, 2.24) is 5.32 Å². The van der Waals surface area contributed by atoms with Gasteiger partial charge in [-0.2, -0.15) is 0 Å². The Morgan fingerprint density at radius 1 is 1.00 bits per heavy atom. The minimum atomic E-state index is 0.608. The molecule has 2 aromatic rings. The molecular weight excluding hydrogens is 330 g/mol. The second-order valence-corrected chi connectivity index (χ2v) is 6.05. The van der Waals surface area contributed by atoms with Crippen molar-refractivity contribution >= 4 is 15.9 Å². The van der Waals surface area contributed by atoms with E-state index in [2.05, 4.69) is 58.5 Å². The molecule has 0 atom stereocenters. The summed E-state index contributed by atoms with van der Waals surface area (Å²) in [4.78, 5) is 0. The molecule has 1 heterocycles. The Labute approximate surface area is 133 Å². The van der Waals surface area contributed by atoms with Gasteiger partial charge in [0.05, 0.1) is 4.47 Å². The zero-order valence-corrected chi connectivity index (χ0v) is 13.6. The van der Waals surface area contributed by atoms with Gasteiger partial charge >= 0.3 is 0 Å². The highest BCUT2D eigenvalue weighted by atomic mass is 79.9. The van der Waals surface area contributed by atoms with Crippen molar-refractivity contribution in [2.75, 3.05) is 13.2 Å². The van der Waals surface area contributed by atoms with Crippen molar-refractivity contribution < 1.29 is 9.47 Å². The van der Waals surface area contributed by atoms with Crippen LogP contribution in [0.2, 0.25) is 0 Å². The van der Waals surface area contributed by atoms with E-state index in [1.54, 1.807) is 0 Å². The summed E-state index contributed by atoms with van der Waals surface area (Å²) in [5, 5.41) is 3.45. The van der Waals surface area contributed by atoms with Crippen LogP contribution in [0, 0.1) is 6.92 Å². The quantitative estimate of drug-likeness (QED) is 0.911. The first-order valence-corrected chi connectivity index (χ1v) is 7.86. The number of halogens is 1. The second-order valence-electron chi connectivity index (χ2n) is 5.19. The highest BCUT2D eigenvalue weighted by Crippen LogP contribution is 2.38. The summed E-state index contributed by atoms with van der Waals surface area (Å²) in [5.41, 5.74) is 3.75. The SMILES string of the molecule is Cc1ccc(CNCc2cc(Br)c3c(c2)OCCO3)cc1. The molecule has 110 valence electrons. The molecule has 1 N–H and O–H groups in total. The summed E-state index contributed by atoms with van der Waals surface area (Å²) in [6.07, 6.45) is 0. The molecule has 0 unspecified atom stereocenters. The average Bonchev–Trinajstić information content (AvgIpc) is 2.49. The molecule has 21 heavy (non-hydrogen) atoms. The standard InChI is InChI=1S/C17H18BrNO2/c1-12-2-4-13(5-3-12)10-19-11-14-8-15(18)17-16(9-14)20-6-7-21-17/h2-5,8-9,19H,6-7,10-11H2,1H3. The van der Waals surface area contributed by atoms with E-state index in [-0.39, 0.29) is 0 Å². The van der Waals surface area contributed by atoms with Gasteiger partial charge in [0.15, 0.2) is 11.5 Å². The van der Waals surface area contributed by atoms with E-state index in [1.165, 1.54) is 16.7 Å². The Bertz CT molecular complexity index is 625. The third-order valence-corrected chi connectivity index (χ3v) is 4.02. The Hall–Kier alpha value is -1.52. The first-order valence-electron chi connectivity index (χ1n) is 7.06. The third kappa shape index (κ3) is 3.57. The summed E-state index contributed by atoms with van der Waals surface area (Å²) in [6.45, 7) is 4.97. The lowest BCUT2D eigenvalue weighted by molar-refractivity contribution is 0.170. The van der Waals surface area contributed by atoms with Crippen molar-refractivity contribution in [3.63, 3.8) is 0 Å². The van der Waals surface area contributed by atoms with Gasteiger partial charge in [-0.3, -0.25) is 0 Å². The van der Waals surface area contributed by atoms with Gasteiger partial charge in [0.2, 0.25) is 0 Å². The number of hydrogen-bond donors (Lipinski definition) is 1. The van der Waals surface area contributed by atoms with Crippen LogP contribution in [0.3, 0.4) is 0 Å². The van der Waals surface area contributed by atoms with Gasteiger partial charge in [0, 0.05) is 13.1 Å². The lowest BCUT2D eigenvalue weighted by atomic mass is 10.1. The van der Waals surface area contributed by atoms with Gasteiger partial charge in [-0.05, 0) is 46.1 Å². The minimum Gasteiger partial charge on any atom is -0.486 e. The number of aryl methyl sites for hydroxylation is 1. The number of hydrogen-bond acceptors (Lipinski definition) is 3. The van der Waals surface area contributed by atoms with Gasteiger partial charge in [-0.15, -0.1) is 0 Å². The summed E-state index contributed by atoms with van der Waals surface area (Å²) >= 11 is 3.54. The Balaban J connectivity index is 1.63. The van der Waals surface area contributed by atoms with Crippen molar-refractivity contribution in [3.05, 3.63) is 57.6 Å². The largest absolute Gasteiger partial charge is 0.486 e. The number of rotatable bonds is 4. The van der Waals surface area contributed by atoms with E-state index >= 15 is 0 Å². The molecule has 0 saturated carbocycles. The van der Waals surface area contributed by atoms with Crippen LogP contribution in [0.1, 0.15) is 16.7 Å². The molecule has 0 aliphatic carbocycles. The van der Waals surface area contributed by atoms with Crippen LogP contribution in [0.4, 0.5) is 0 Å². The second kappa shape index (κ2) is 6.50. The molecule has 1 aliphatic heterocycles. The van der Waals surface area contributed by atoms with Gasteiger partial charge in [0.1, 0.15) is 13.2 Å². The fourth-order valence-electron chi connectivity index (χ4n) is 2.32. The molecule has 4 heteroatoms. The molecule has 0 saturated heterocycles. The maximum Gasteiger partial charge on any atom is 0.175 e. The highest BCUT2D eigenvalue weighted by Gasteiger charge is 2.16. The Kier molecular flexibility index (Phi) is 4.46. The lowest BCUT2D eigenvalue weighted by Gasteiger charge is -2.20. The van der Waals surface area contributed by atoms with Crippen molar-refractivity contribution in [3.8, 4) is 11.5 Å². The van der Waals surface area contributed by atoms with Crippen LogP contribution in [-0.2, 0) is 13.1 Å². The molecule has 0 fully saturated rings. The van der Waals surface area contributed by atoms with Crippen molar-refractivity contribution in [2.24, 2.45) is 0 Å². The van der Waals surface area contributed by atoms with Crippen LogP contribution in [0.15, 0.2) is 40.9 Å². The van der Waals surface area contributed by atoms with E-state index in [0.29, 0.717) is 13.2 Å². The molecule has 0 radical (unpaired) electrons. The van der Waals surface area contributed by atoms with E-state index in [4.69, 9.17) is 9.47 Å². The molecule has 3 rings (SSSR count). The molecule has 0 spiro atoms. The smallest absolute Gasteiger partial charge is 0.175 e. The van der Waals surface area contributed by atoms with Crippen LogP contribution >= 0.6 is 15.9 Å². The summed E-state index contributed by atoms with van der Waals surface area (Å²) in [7, 11) is 0. The monoisotopic (exact) mass is 347 g/mol. The van der Waals surface area contributed by atoms with Crippen LogP contribution in [0.5, 0.6) is 11.5 Å². The van der Waals surface area contributed by atoms with Crippen LogP contribution in [-0.4, -0.2) is 13.2 Å². The topological polar surface area (TPSA) is 30.5 Å². The third-order valence-electron chi connectivity index (χ3n) is 3.44. The molecule has 3 nitrogen and oxygen atoms in total. The molecule has 1 aliphatic rings. The summed E-state index contributed by atoms with van der Waals surface area (Å²) in [5.74, 6) is 1.63. The van der Waals surface area contributed by atoms with E-state index < -0.39 is 0 Å². The first-order chi connectivity index (χ1) is 10.2. The molecule has 0 bridgehead atoms. The van der Waals surface area contributed by atoms with Crippen molar-refractivity contribution in [2.45, 2.75) is 20.0 Å². The number of fused-ring (bicyclic) bond motifs is 1. The zero-order valence-electron chi connectivity index (χ0n) is 12.0. The van der Waals surface area contributed by atoms with Crippen molar-refractivity contribution in [1.29, 1.82) is 0 Å². The Morgan fingerprint density at radius 3 is 2.52 bits per heavy atom. The number of benzene rings is 2. The average molecular weight is 348 g/mol. The maximum atomic E-state index is 5.64. The number of ether oxygens (including phenoxy) is 2. The predicted octanol–water partition coefficient (Wildman–Crippen LogP) is 3.82. The normalized spacial score (nSPS) is 13.2. The predicted molar refractivity (Wildman–Crippen MR) is 86.9 cm³/mol. The van der Waals surface area contributed by atoms with Gasteiger partial charge in [0.25, 0.3) is 0 Å². The van der Waals surface area contributed by atoms with E-state index in [0.717, 1.165) is 29.1 Å². The van der Waals surface area contributed by atoms with Crippen LogP contribution in [0.25, 0.3) is 0 Å². The highest BCUT2D eigenvalue weighted by molar-refractivity contribution is 9.10. The number of nitrogens with one attached hydrogen (secondary N) is 1. The Morgan fingerprint density at radius 2 is 1.71 bits per heavy atom. The minimum absolute atomic E-state index is 0.608. The zero-order chi connectivity index (χ0) is 14.7. The maximum absolute atomic E-state index is 5.64. The lowest BCUT2D eigenvalue weighted by Crippen LogP contribution is -2.17. The molecule has 0 amide bonds. The molecule has 2 aromatic carbocycles. The first kappa shape index (κ1) is 14.4. The molecular formula is C17H18BrNO2. The fourth-order valence-corrected chi connectivity index (χ4v) is 2.93. The fraction of sp³-hybridized carbons (Fsp3) is 0.294. The summed E-state index contributed by atoms with van der Waals surface area (Å²) in [6, 6.07) is 12.7.